The summed E-state index contributed by atoms with van der Waals surface area (Å²) in [5.74, 6) is 1.40. The predicted octanol–water partition coefficient (Wildman–Crippen LogP) is 2.22. The van der Waals surface area contributed by atoms with Crippen molar-refractivity contribution in [2.45, 2.75) is 6.92 Å². The lowest BCUT2D eigenvalue weighted by atomic mass is 10.2. The molecule has 25 heavy (non-hydrogen) atoms. The van der Waals surface area contributed by atoms with Gasteiger partial charge in [-0.15, -0.1) is 0 Å². The number of benzene rings is 1. The number of anilines is 3. The van der Waals surface area contributed by atoms with E-state index in [1.807, 2.05) is 12.1 Å². The fraction of sp³-hybridized carbons (Fsp3) is 0.333. The number of aromatic nitrogens is 4. The lowest BCUT2D eigenvalue weighted by molar-refractivity contribution is 0.311. The Morgan fingerprint density at radius 3 is 2.60 bits per heavy atom. The number of fused-ring (bicyclic) bond motifs is 1. The molecule has 1 N–H and O–H groups in total. The number of likely N-dealkylation sites (N-methyl/N-ethyl adjacent to an activating group) is 1. The summed E-state index contributed by atoms with van der Waals surface area (Å²) in [5, 5.41) is 3.39. The Balaban J connectivity index is 1.73. The van der Waals surface area contributed by atoms with Crippen molar-refractivity contribution in [2.24, 2.45) is 0 Å². The molecule has 0 amide bonds. The van der Waals surface area contributed by atoms with Gasteiger partial charge in [0.05, 0.1) is 0 Å². The Labute approximate surface area is 146 Å². The molecular formula is C18H21N7. The minimum Gasteiger partial charge on any atom is -0.338 e. The summed E-state index contributed by atoms with van der Waals surface area (Å²) in [6.45, 7) is 5.89. The average molecular weight is 335 g/mol. The Morgan fingerprint density at radius 1 is 1.00 bits per heavy atom. The van der Waals surface area contributed by atoms with Gasteiger partial charge in [0.1, 0.15) is 0 Å². The van der Waals surface area contributed by atoms with E-state index in [4.69, 9.17) is 4.98 Å². The zero-order valence-corrected chi connectivity index (χ0v) is 14.5. The minimum atomic E-state index is 0.613. The van der Waals surface area contributed by atoms with Crippen LogP contribution < -0.4 is 10.2 Å². The standard InChI is InChI=1S/C18H21N7/c1-13-4-3-5-14(12-13)21-17-15-16(20-7-6-19-15)22-18(23-17)25-10-8-24(2)9-11-25/h3-7,12H,8-11H2,1-2H3,(H,20,21,22,23). The number of hydrogen-bond acceptors (Lipinski definition) is 7. The van der Waals surface area contributed by atoms with Gasteiger partial charge in [-0.3, -0.25) is 0 Å². The molecule has 7 heteroatoms. The van der Waals surface area contributed by atoms with E-state index in [0.717, 1.165) is 31.9 Å². The molecule has 0 radical (unpaired) electrons. The molecule has 3 heterocycles. The van der Waals surface area contributed by atoms with Crippen molar-refractivity contribution in [3.05, 3.63) is 42.2 Å². The highest BCUT2D eigenvalue weighted by atomic mass is 15.3. The Kier molecular flexibility index (Phi) is 4.15. The monoisotopic (exact) mass is 335 g/mol. The maximum absolute atomic E-state index is 4.76. The molecule has 1 saturated heterocycles. The smallest absolute Gasteiger partial charge is 0.229 e. The van der Waals surface area contributed by atoms with Gasteiger partial charge in [0.15, 0.2) is 17.0 Å². The number of nitrogens with zero attached hydrogens (tertiary/aromatic N) is 6. The third-order valence-electron chi connectivity index (χ3n) is 4.39. The molecule has 0 aliphatic carbocycles. The first-order chi connectivity index (χ1) is 12.2. The zero-order chi connectivity index (χ0) is 17.2. The van der Waals surface area contributed by atoms with E-state index in [9.17, 15) is 0 Å². The molecule has 2 aromatic heterocycles. The molecular weight excluding hydrogens is 314 g/mol. The van der Waals surface area contributed by atoms with Gasteiger partial charge in [-0.05, 0) is 31.7 Å². The summed E-state index contributed by atoms with van der Waals surface area (Å²) in [7, 11) is 2.13. The predicted molar refractivity (Wildman–Crippen MR) is 99.3 cm³/mol. The van der Waals surface area contributed by atoms with E-state index >= 15 is 0 Å². The van der Waals surface area contributed by atoms with Crippen molar-refractivity contribution in [3.8, 4) is 0 Å². The van der Waals surface area contributed by atoms with Gasteiger partial charge in [0.2, 0.25) is 5.95 Å². The van der Waals surface area contributed by atoms with Crippen LogP contribution in [0.2, 0.25) is 0 Å². The van der Waals surface area contributed by atoms with Crippen LogP contribution in [0.3, 0.4) is 0 Å². The maximum atomic E-state index is 4.76. The highest BCUT2D eigenvalue weighted by Gasteiger charge is 2.19. The van der Waals surface area contributed by atoms with Crippen molar-refractivity contribution in [2.75, 3.05) is 43.4 Å². The molecule has 0 unspecified atom stereocenters. The second-order valence-corrected chi connectivity index (χ2v) is 6.39. The van der Waals surface area contributed by atoms with E-state index < -0.39 is 0 Å². The molecule has 1 aliphatic heterocycles. The van der Waals surface area contributed by atoms with Crippen LogP contribution in [0, 0.1) is 6.92 Å². The first-order valence-corrected chi connectivity index (χ1v) is 8.45. The Morgan fingerprint density at radius 2 is 1.80 bits per heavy atom. The number of rotatable bonds is 3. The molecule has 128 valence electrons. The van der Waals surface area contributed by atoms with Crippen LogP contribution in [0.15, 0.2) is 36.7 Å². The maximum Gasteiger partial charge on any atom is 0.229 e. The number of piperazine rings is 1. The normalized spacial score (nSPS) is 15.5. The van der Waals surface area contributed by atoms with Crippen molar-refractivity contribution in [1.29, 1.82) is 0 Å². The van der Waals surface area contributed by atoms with Gasteiger partial charge < -0.3 is 15.1 Å². The SMILES string of the molecule is Cc1cccc(Nc2nc(N3CCN(C)CC3)nc3nccnc23)c1. The van der Waals surface area contributed by atoms with E-state index in [-0.39, 0.29) is 0 Å². The van der Waals surface area contributed by atoms with Gasteiger partial charge in [-0.25, -0.2) is 9.97 Å². The topological polar surface area (TPSA) is 70.1 Å². The molecule has 3 aromatic rings. The fourth-order valence-electron chi connectivity index (χ4n) is 2.95. The van der Waals surface area contributed by atoms with Crippen LogP contribution in [0.25, 0.3) is 11.2 Å². The average Bonchev–Trinajstić information content (AvgIpc) is 2.62. The minimum absolute atomic E-state index is 0.613. The zero-order valence-electron chi connectivity index (χ0n) is 14.5. The number of aryl methyl sites for hydroxylation is 1. The summed E-state index contributed by atoms with van der Waals surface area (Å²) in [4.78, 5) is 22.7. The summed E-state index contributed by atoms with van der Waals surface area (Å²) >= 11 is 0. The summed E-state index contributed by atoms with van der Waals surface area (Å²) in [5.41, 5.74) is 3.46. The second-order valence-electron chi connectivity index (χ2n) is 6.39. The van der Waals surface area contributed by atoms with Gasteiger partial charge >= 0.3 is 0 Å². The molecule has 1 aliphatic rings. The molecule has 4 rings (SSSR count). The van der Waals surface area contributed by atoms with Crippen LogP contribution in [0.4, 0.5) is 17.5 Å². The summed E-state index contributed by atoms with van der Waals surface area (Å²) in [6.07, 6.45) is 3.34. The summed E-state index contributed by atoms with van der Waals surface area (Å²) < 4.78 is 0. The number of hydrogen-bond donors (Lipinski definition) is 1. The first-order valence-electron chi connectivity index (χ1n) is 8.45. The van der Waals surface area contributed by atoms with Gasteiger partial charge in [-0.2, -0.15) is 9.97 Å². The van der Waals surface area contributed by atoms with Gasteiger partial charge in [0, 0.05) is 44.3 Å². The Bertz CT molecular complexity index is 887. The Hall–Kier alpha value is -2.80. The van der Waals surface area contributed by atoms with E-state index in [2.05, 4.69) is 56.2 Å². The molecule has 7 nitrogen and oxygen atoms in total. The van der Waals surface area contributed by atoms with Gasteiger partial charge in [0.25, 0.3) is 0 Å². The van der Waals surface area contributed by atoms with Crippen LogP contribution in [0.5, 0.6) is 0 Å². The third kappa shape index (κ3) is 3.36. The van der Waals surface area contributed by atoms with Crippen LogP contribution in [-0.4, -0.2) is 58.1 Å². The third-order valence-corrected chi connectivity index (χ3v) is 4.39. The van der Waals surface area contributed by atoms with E-state index in [1.54, 1.807) is 12.4 Å². The molecule has 0 saturated carbocycles. The first kappa shape index (κ1) is 15.7. The van der Waals surface area contributed by atoms with E-state index in [0.29, 0.717) is 22.9 Å². The highest BCUT2D eigenvalue weighted by Crippen LogP contribution is 2.24. The fourth-order valence-corrected chi connectivity index (χ4v) is 2.95. The molecule has 1 fully saturated rings. The van der Waals surface area contributed by atoms with Crippen molar-refractivity contribution in [1.82, 2.24) is 24.8 Å². The van der Waals surface area contributed by atoms with Crippen LogP contribution >= 0.6 is 0 Å². The van der Waals surface area contributed by atoms with Gasteiger partial charge in [-0.1, -0.05) is 12.1 Å². The lowest BCUT2D eigenvalue weighted by Crippen LogP contribution is -2.45. The van der Waals surface area contributed by atoms with E-state index in [1.165, 1.54) is 5.56 Å². The largest absolute Gasteiger partial charge is 0.338 e. The van der Waals surface area contributed by atoms with Crippen molar-refractivity contribution >= 4 is 28.6 Å². The number of nitrogens with one attached hydrogen (secondary N) is 1. The molecule has 0 atom stereocenters. The molecule has 0 spiro atoms. The van der Waals surface area contributed by atoms with Crippen molar-refractivity contribution < 1.29 is 0 Å². The second kappa shape index (κ2) is 6.60. The lowest BCUT2D eigenvalue weighted by Gasteiger charge is -2.32. The summed E-state index contributed by atoms with van der Waals surface area (Å²) in [6, 6.07) is 8.19. The molecule has 1 aromatic carbocycles. The highest BCUT2D eigenvalue weighted by molar-refractivity contribution is 5.85. The van der Waals surface area contributed by atoms with Crippen LogP contribution in [-0.2, 0) is 0 Å². The molecule has 0 bridgehead atoms. The van der Waals surface area contributed by atoms with Crippen LogP contribution in [0.1, 0.15) is 5.56 Å². The van der Waals surface area contributed by atoms with Crippen molar-refractivity contribution in [3.63, 3.8) is 0 Å². The quantitative estimate of drug-likeness (QED) is 0.787.